The Morgan fingerprint density at radius 1 is 1.00 bits per heavy atom. The van der Waals surface area contributed by atoms with E-state index in [0.29, 0.717) is 6.10 Å². The minimum Gasteiger partial charge on any atom is -0.395 e. The molecule has 0 aromatic rings. The van der Waals surface area contributed by atoms with Gasteiger partial charge in [-0.1, -0.05) is 40.5 Å². The average molecular weight is 275 g/mol. The first-order chi connectivity index (χ1) is 8.41. The van der Waals surface area contributed by atoms with Crippen molar-refractivity contribution in [3.05, 3.63) is 0 Å². The van der Waals surface area contributed by atoms with E-state index in [9.17, 15) is 0 Å². The quantitative estimate of drug-likeness (QED) is 0.384. The van der Waals surface area contributed by atoms with Crippen LogP contribution in [0.15, 0.2) is 0 Å². The summed E-state index contributed by atoms with van der Waals surface area (Å²) in [7, 11) is -1.91. The van der Waals surface area contributed by atoms with E-state index in [1.807, 2.05) is 0 Å². The second kappa shape index (κ2) is 9.99. The number of hydrogen-bond donors (Lipinski definition) is 0. The van der Waals surface area contributed by atoms with Crippen LogP contribution in [0.5, 0.6) is 0 Å². The highest BCUT2D eigenvalue weighted by atomic mass is 28.4. The Morgan fingerprint density at radius 2 is 1.67 bits per heavy atom. The summed E-state index contributed by atoms with van der Waals surface area (Å²) in [5.41, 5.74) is 0. The van der Waals surface area contributed by atoms with Crippen LogP contribution in [0.3, 0.4) is 0 Å². The SMILES string of the molecule is CCCCC(CC)O[Si](C)(C)OCCCC(C)C. The van der Waals surface area contributed by atoms with Gasteiger partial charge in [0.1, 0.15) is 0 Å². The zero-order valence-corrected chi connectivity index (χ0v) is 14.4. The first kappa shape index (κ1) is 18.1. The molecule has 0 aliphatic carbocycles. The third kappa shape index (κ3) is 10.1. The van der Waals surface area contributed by atoms with Crippen LogP contribution in [0.4, 0.5) is 0 Å². The molecule has 0 N–H and O–H groups in total. The molecule has 110 valence electrons. The number of rotatable bonds is 11. The molecule has 1 unspecified atom stereocenters. The van der Waals surface area contributed by atoms with E-state index >= 15 is 0 Å². The summed E-state index contributed by atoms with van der Waals surface area (Å²) in [5, 5.41) is 0. The molecular weight excluding hydrogens is 240 g/mol. The van der Waals surface area contributed by atoms with Crippen molar-refractivity contribution in [1.82, 2.24) is 0 Å². The molecule has 0 radical (unpaired) electrons. The van der Waals surface area contributed by atoms with Gasteiger partial charge in [0.15, 0.2) is 0 Å². The summed E-state index contributed by atoms with van der Waals surface area (Å²) in [6, 6.07) is 0. The minimum absolute atomic E-state index is 0.400. The van der Waals surface area contributed by atoms with Gasteiger partial charge in [0, 0.05) is 12.7 Å². The van der Waals surface area contributed by atoms with E-state index in [0.717, 1.165) is 25.4 Å². The van der Waals surface area contributed by atoms with Gasteiger partial charge in [-0.25, -0.2) is 0 Å². The molecule has 0 fully saturated rings. The standard InChI is InChI=1S/C15H34O2Si/c1-7-9-12-15(8-2)17-18(5,6)16-13-10-11-14(3)4/h14-15H,7-13H2,1-6H3. The predicted octanol–water partition coefficient (Wildman–Crippen LogP) is 5.13. The van der Waals surface area contributed by atoms with E-state index in [4.69, 9.17) is 8.85 Å². The van der Waals surface area contributed by atoms with Crippen LogP contribution in [0.1, 0.15) is 66.2 Å². The molecule has 0 aromatic heterocycles. The maximum absolute atomic E-state index is 6.21. The number of hydrogen-bond acceptors (Lipinski definition) is 2. The smallest absolute Gasteiger partial charge is 0.331 e. The van der Waals surface area contributed by atoms with Crippen LogP contribution >= 0.6 is 0 Å². The summed E-state index contributed by atoms with van der Waals surface area (Å²) in [6.07, 6.45) is 7.59. The molecule has 18 heavy (non-hydrogen) atoms. The second-order valence-electron chi connectivity index (χ2n) is 6.07. The van der Waals surface area contributed by atoms with Crippen molar-refractivity contribution < 1.29 is 8.85 Å². The minimum atomic E-state index is -1.91. The molecule has 0 rings (SSSR count). The lowest BCUT2D eigenvalue weighted by atomic mass is 10.1. The van der Waals surface area contributed by atoms with Crippen LogP contribution in [0, 0.1) is 5.92 Å². The lowest BCUT2D eigenvalue weighted by Crippen LogP contribution is -2.39. The molecule has 0 aromatic carbocycles. The van der Waals surface area contributed by atoms with Crippen molar-refractivity contribution in [3.8, 4) is 0 Å². The highest BCUT2D eigenvalue weighted by Crippen LogP contribution is 2.17. The molecule has 3 heteroatoms. The fourth-order valence-electron chi connectivity index (χ4n) is 2.02. The Balaban J connectivity index is 3.87. The molecule has 0 saturated heterocycles. The van der Waals surface area contributed by atoms with Crippen molar-refractivity contribution in [2.75, 3.05) is 6.61 Å². The number of unbranched alkanes of at least 4 members (excludes halogenated alkanes) is 1. The Bertz CT molecular complexity index is 193. The van der Waals surface area contributed by atoms with Gasteiger partial charge in [-0.15, -0.1) is 0 Å². The van der Waals surface area contributed by atoms with Crippen molar-refractivity contribution in [3.63, 3.8) is 0 Å². The lowest BCUT2D eigenvalue weighted by Gasteiger charge is -2.28. The largest absolute Gasteiger partial charge is 0.395 e. The van der Waals surface area contributed by atoms with Gasteiger partial charge < -0.3 is 8.85 Å². The molecular formula is C15H34O2Si. The first-order valence-electron chi connectivity index (χ1n) is 7.73. The fraction of sp³-hybridized carbons (Fsp3) is 1.00. The predicted molar refractivity (Wildman–Crippen MR) is 82.2 cm³/mol. The van der Waals surface area contributed by atoms with Crippen LogP contribution in [0.2, 0.25) is 13.1 Å². The third-order valence-corrected chi connectivity index (χ3v) is 4.96. The van der Waals surface area contributed by atoms with Crippen molar-refractivity contribution in [2.45, 2.75) is 85.4 Å². The molecule has 0 aliphatic rings. The highest BCUT2D eigenvalue weighted by Gasteiger charge is 2.27. The van der Waals surface area contributed by atoms with Gasteiger partial charge in [-0.2, -0.15) is 0 Å². The maximum Gasteiger partial charge on any atom is 0.331 e. The van der Waals surface area contributed by atoms with Gasteiger partial charge >= 0.3 is 8.56 Å². The topological polar surface area (TPSA) is 18.5 Å². The zero-order valence-electron chi connectivity index (χ0n) is 13.4. The third-order valence-electron chi connectivity index (χ3n) is 3.16. The molecule has 2 nitrogen and oxygen atoms in total. The monoisotopic (exact) mass is 274 g/mol. The Kier molecular flexibility index (Phi) is 10.1. The summed E-state index contributed by atoms with van der Waals surface area (Å²) in [5.74, 6) is 0.771. The molecule has 1 atom stereocenters. The highest BCUT2D eigenvalue weighted by molar-refractivity contribution is 6.64. The molecule has 0 saturated carbocycles. The van der Waals surface area contributed by atoms with E-state index in [1.165, 1.54) is 25.7 Å². The first-order valence-corrected chi connectivity index (χ1v) is 10.5. The van der Waals surface area contributed by atoms with Crippen molar-refractivity contribution >= 4 is 8.56 Å². The Hall–Kier alpha value is 0.137. The van der Waals surface area contributed by atoms with Crippen molar-refractivity contribution in [1.29, 1.82) is 0 Å². The summed E-state index contributed by atoms with van der Waals surface area (Å²) < 4.78 is 12.2. The summed E-state index contributed by atoms with van der Waals surface area (Å²) >= 11 is 0. The second-order valence-corrected chi connectivity index (χ2v) is 9.40. The van der Waals surface area contributed by atoms with E-state index in [2.05, 4.69) is 40.8 Å². The fourth-order valence-corrected chi connectivity index (χ4v) is 3.81. The molecule has 0 bridgehead atoms. The lowest BCUT2D eigenvalue weighted by molar-refractivity contribution is 0.108. The van der Waals surface area contributed by atoms with Gasteiger partial charge in [-0.05, 0) is 44.7 Å². The van der Waals surface area contributed by atoms with E-state index < -0.39 is 8.56 Å². The van der Waals surface area contributed by atoms with Crippen LogP contribution < -0.4 is 0 Å². The van der Waals surface area contributed by atoms with Crippen LogP contribution in [-0.2, 0) is 8.85 Å². The summed E-state index contributed by atoms with van der Waals surface area (Å²) in [6.45, 7) is 14.2. The molecule has 0 aliphatic heterocycles. The summed E-state index contributed by atoms with van der Waals surface area (Å²) in [4.78, 5) is 0. The average Bonchev–Trinajstić information content (AvgIpc) is 2.30. The van der Waals surface area contributed by atoms with Gasteiger partial charge in [0.2, 0.25) is 0 Å². The van der Waals surface area contributed by atoms with E-state index in [1.54, 1.807) is 0 Å². The van der Waals surface area contributed by atoms with Gasteiger partial charge in [0.05, 0.1) is 0 Å². The van der Waals surface area contributed by atoms with Crippen molar-refractivity contribution in [2.24, 2.45) is 5.92 Å². The molecule has 0 heterocycles. The van der Waals surface area contributed by atoms with Crippen LogP contribution in [0.25, 0.3) is 0 Å². The van der Waals surface area contributed by atoms with Gasteiger partial charge in [0.25, 0.3) is 0 Å². The molecule has 0 spiro atoms. The zero-order chi connectivity index (χ0) is 14.0. The Morgan fingerprint density at radius 3 is 2.17 bits per heavy atom. The maximum atomic E-state index is 6.21. The molecule has 0 amide bonds. The van der Waals surface area contributed by atoms with Gasteiger partial charge in [-0.3, -0.25) is 0 Å². The Labute approximate surface area is 116 Å². The van der Waals surface area contributed by atoms with Crippen LogP contribution in [-0.4, -0.2) is 21.3 Å². The normalized spacial score (nSPS) is 14.2. The van der Waals surface area contributed by atoms with E-state index in [-0.39, 0.29) is 0 Å².